The van der Waals surface area contributed by atoms with Gasteiger partial charge in [0, 0.05) is 12.0 Å². The molecule has 0 saturated carbocycles. The van der Waals surface area contributed by atoms with Crippen LogP contribution in [0.3, 0.4) is 0 Å². The smallest absolute Gasteiger partial charge is 0.339 e. The maximum absolute atomic E-state index is 12.0. The molecule has 2 aromatic rings. The van der Waals surface area contributed by atoms with Gasteiger partial charge in [-0.1, -0.05) is 17.3 Å². The van der Waals surface area contributed by atoms with Crippen LogP contribution in [0.2, 0.25) is 0 Å². The fourth-order valence-electron chi connectivity index (χ4n) is 2.37. The fraction of sp³-hybridized carbons (Fsp3) is 0.333. The van der Waals surface area contributed by atoms with Crippen molar-refractivity contribution in [3.63, 3.8) is 0 Å². The minimum absolute atomic E-state index is 0.106. The molecule has 0 aliphatic heterocycles. The average molecular weight is 360 g/mol. The largest absolute Gasteiger partial charge is 0.465 e. The van der Waals surface area contributed by atoms with Gasteiger partial charge in [0.25, 0.3) is 5.91 Å². The molecule has 0 atom stereocenters. The monoisotopic (exact) mass is 360 g/mol. The van der Waals surface area contributed by atoms with Gasteiger partial charge < -0.3 is 19.3 Å². The van der Waals surface area contributed by atoms with Crippen molar-refractivity contribution < 1.29 is 28.4 Å². The van der Waals surface area contributed by atoms with Crippen LogP contribution in [0.1, 0.15) is 33.8 Å². The summed E-state index contributed by atoms with van der Waals surface area (Å²) in [6, 6.07) is 6.40. The number of carbonyl (C=O) groups is 3. The van der Waals surface area contributed by atoms with Gasteiger partial charge in [0.2, 0.25) is 0 Å². The molecule has 1 amide bonds. The van der Waals surface area contributed by atoms with Gasteiger partial charge in [0.15, 0.2) is 6.61 Å². The Balaban J connectivity index is 1.84. The molecular formula is C18H20N2O6. The summed E-state index contributed by atoms with van der Waals surface area (Å²) in [6.45, 7) is 3.12. The number of hydrogen-bond acceptors (Lipinski definition) is 7. The summed E-state index contributed by atoms with van der Waals surface area (Å²) in [4.78, 5) is 35.4. The first-order chi connectivity index (χ1) is 12.4. The van der Waals surface area contributed by atoms with E-state index in [2.05, 4.69) is 15.2 Å². The first kappa shape index (κ1) is 19.2. The minimum Gasteiger partial charge on any atom is -0.465 e. The lowest BCUT2D eigenvalue weighted by molar-refractivity contribution is -0.147. The summed E-state index contributed by atoms with van der Waals surface area (Å²) in [5.41, 5.74) is 2.09. The molecule has 1 N–H and O–H groups in total. The van der Waals surface area contributed by atoms with Crippen molar-refractivity contribution in [3.05, 3.63) is 46.8 Å². The Morgan fingerprint density at radius 2 is 1.92 bits per heavy atom. The number of nitrogens with zero attached hydrogens (tertiary/aromatic N) is 1. The van der Waals surface area contributed by atoms with Crippen LogP contribution in [-0.4, -0.2) is 36.7 Å². The van der Waals surface area contributed by atoms with E-state index in [0.29, 0.717) is 12.2 Å². The lowest BCUT2D eigenvalue weighted by Gasteiger charge is -2.10. The van der Waals surface area contributed by atoms with Crippen LogP contribution in [0.15, 0.2) is 28.8 Å². The van der Waals surface area contributed by atoms with Crippen molar-refractivity contribution in [2.75, 3.05) is 19.0 Å². The van der Waals surface area contributed by atoms with Crippen LogP contribution < -0.4 is 5.32 Å². The highest BCUT2D eigenvalue weighted by Gasteiger charge is 2.15. The van der Waals surface area contributed by atoms with Crippen LogP contribution in [0.4, 0.5) is 5.69 Å². The maximum atomic E-state index is 12.0. The van der Waals surface area contributed by atoms with Gasteiger partial charge in [-0.2, -0.15) is 0 Å². The molecule has 8 heteroatoms. The Hall–Kier alpha value is -3.16. The van der Waals surface area contributed by atoms with E-state index in [0.717, 1.165) is 11.3 Å². The molecule has 1 aromatic heterocycles. The highest BCUT2D eigenvalue weighted by Crippen LogP contribution is 2.16. The Labute approximate surface area is 150 Å². The van der Waals surface area contributed by atoms with Gasteiger partial charge in [-0.25, -0.2) is 4.79 Å². The van der Waals surface area contributed by atoms with E-state index in [4.69, 9.17) is 9.26 Å². The van der Waals surface area contributed by atoms with Crippen molar-refractivity contribution in [2.24, 2.45) is 0 Å². The Morgan fingerprint density at radius 1 is 1.19 bits per heavy atom. The van der Waals surface area contributed by atoms with Crippen molar-refractivity contribution >= 4 is 23.5 Å². The van der Waals surface area contributed by atoms with Crippen molar-refractivity contribution in [1.82, 2.24) is 5.16 Å². The second-order valence-corrected chi connectivity index (χ2v) is 5.55. The van der Waals surface area contributed by atoms with Gasteiger partial charge in [-0.15, -0.1) is 0 Å². The molecule has 0 fully saturated rings. The topological polar surface area (TPSA) is 108 Å². The molecular weight excluding hydrogens is 340 g/mol. The third-order valence-corrected chi connectivity index (χ3v) is 3.73. The zero-order chi connectivity index (χ0) is 19.1. The molecule has 0 spiro atoms. The number of methoxy groups -OCH3 is 1. The molecule has 1 heterocycles. The van der Waals surface area contributed by atoms with E-state index in [9.17, 15) is 14.4 Å². The number of para-hydroxylation sites is 1. The lowest BCUT2D eigenvalue weighted by atomic mass is 10.1. The zero-order valence-electron chi connectivity index (χ0n) is 14.8. The first-order valence-corrected chi connectivity index (χ1v) is 7.97. The summed E-state index contributed by atoms with van der Waals surface area (Å²) >= 11 is 0. The highest BCUT2D eigenvalue weighted by atomic mass is 16.5. The molecule has 0 saturated heterocycles. The molecule has 0 aliphatic rings. The van der Waals surface area contributed by atoms with Crippen molar-refractivity contribution in [3.8, 4) is 0 Å². The number of esters is 2. The molecule has 26 heavy (non-hydrogen) atoms. The molecule has 0 unspecified atom stereocenters. The van der Waals surface area contributed by atoms with Gasteiger partial charge in [0.1, 0.15) is 5.76 Å². The second kappa shape index (κ2) is 8.80. The number of benzene rings is 1. The van der Waals surface area contributed by atoms with Crippen LogP contribution in [0.5, 0.6) is 0 Å². The second-order valence-electron chi connectivity index (χ2n) is 5.55. The normalized spacial score (nSPS) is 10.3. The predicted molar refractivity (Wildman–Crippen MR) is 91.7 cm³/mol. The van der Waals surface area contributed by atoms with Gasteiger partial charge >= 0.3 is 11.9 Å². The molecule has 2 rings (SSSR count). The number of amides is 1. The van der Waals surface area contributed by atoms with E-state index in [1.54, 1.807) is 32.0 Å². The highest BCUT2D eigenvalue weighted by molar-refractivity contribution is 6.01. The Kier molecular flexibility index (Phi) is 6.48. The average Bonchev–Trinajstić information content (AvgIpc) is 2.96. The van der Waals surface area contributed by atoms with E-state index >= 15 is 0 Å². The SMILES string of the molecule is COC(=O)c1ccccc1NC(=O)COC(=O)CCc1c(C)noc1C. The summed E-state index contributed by atoms with van der Waals surface area (Å²) < 4.78 is 14.6. The quantitative estimate of drug-likeness (QED) is 0.754. The minimum atomic E-state index is -0.572. The number of carbonyl (C=O) groups excluding carboxylic acids is 3. The summed E-state index contributed by atoms with van der Waals surface area (Å²) in [5, 5.41) is 6.34. The number of rotatable bonds is 7. The van der Waals surface area contributed by atoms with E-state index in [1.165, 1.54) is 13.2 Å². The molecule has 0 radical (unpaired) electrons. The lowest BCUT2D eigenvalue weighted by Crippen LogP contribution is -2.22. The molecule has 138 valence electrons. The number of anilines is 1. The van der Waals surface area contributed by atoms with Crippen LogP contribution >= 0.6 is 0 Å². The van der Waals surface area contributed by atoms with Crippen molar-refractivity contribution in [2.45, 2.75) is 26.7 Å². The van der Waals surface area contributed by atoms with Crippen LogP contribution in [0, 0.1) is 13.8 Å². The summed E-state index contributed by atoms with van der Waals surface area (Å²) in [6.07, 6.45) is 0.529. The molecule has 8 nitrogen and oxygen atoms in total. The fourth-order valence-corrected chi connectivity index (χ4v) is 2.37. The first-order valence-electron chi connectivity index (χ1n) is 7.97. The summed E-state index contributed by atoms with van der Waals surface area (Å²) in [5.74, 6) is -0.974. The zero-order valence-corrected chi connectivity index (χ0v) is 14.8. The predicted octanol–water partition coefficient (Wildman–Crippen LogP) is 2.19. The standard InChI is InChI=1S/C18H20N2O6/c1-11-13(12(2)26-20-11)8-9-17(22)25-10-16(21)19-15-7-5-4-6-14(15)18(23)24-3/h4-7H,8-10H2,1-3H3,(H,19,21). The Morgan fingerprint density at radius 3 is 2.58 bits per heavy atom. The number of hydrogen-bond donors (Lipinski definition) is 1. The molecule has 1 aromatic carbocycles. The number of nitrogens with one attached hydrogen (secondary N) is 1. The number of aromatic nitrogens is 1. The number of ether oxygens (including phenoxy) is 2. The van der Waals surface area contributed by atoms with Crippen molar-refractivity contribution in [1.29, 1.82) is 0 Å². The van der Waals surface area contributed by atoms with E-state index in [1.807, 2.05) is 0 Å². The third kappa shape index (κ3) is 4.92. The van der Waals surface area contributed by atoms with Gasteiger partial charge in [-0.3, -0.25) is 9.59 Å². The summed E-state index contributed by atoms with van der Waals surface area (Å²) in [7, 11) is 1.25. The number of aryl methyl sites for hydroxylation is 2. The molecule has 0 bridgehead atoms. The molecule has 0 aliphatic carbocycles. The van der Waals surface area contributed by atoms with E-state index in [-0.39, 0.29) is 17.7 Å². The van der Waals surface area contributed by atoms with Gasteiger partial charge in [0.05, 0.1) is 24.1 Å². The van der Waals surface area contributed by atoms with Crippen LogP contribution in [-0.2, 0) is 25.5 Å². The van der Waals surface area contributed by atoms with E-state index < -0.39 is 24.5 Å². The maximum Gasteiger partial charge on any atom is 0.339 e. The van der Waals surface area contributed by atoms with Gasteiger partial charge in [-0.05, 0) is 32.4 Å². The van der Waals surface area contributed by atoms with Crippen LogP contribution in [0.25, 0.3) is 0 Å². The Bertz CT molecular complexity index is 792. The third-order valence-electron chi connectivity index (χ3n) is 3.73.